The molecule has 26 heavy (non-hydrogen) atoms. The number of furan rings is 1. The van der Waals surface area contributed by atoms with Gasteiger partial charge in [0, 0.05) is 27.7 Å². The maximum Gasteiger partial charge on any atom is 0.143 e. The van der Waals surface area contributed by atoms with Crippen LogP contribution in [0.5, 0.6) is 0 Å². The molecule has 0 saturated heterocycles. The summed E-state index contributed by atoms with van der Waals surface area (Å²) in [5.74, 6) is 0. The Labute approximate surface area is 152 Å². The SMILES string of the molecule is C1=C(Nc2ccccc2)CCC=C1c1cccc2c1oc1ccccc12. The van der Waals surface area contributed by atoms with Crippen molar-refractivity contribution in [1.29, 1.82) is 0 Å². The van der Waals surface area contributed by atoms with Gasteiger partial charge in [0.1, 0.15) is 11.2 Å². The van der Waals surface area contributed by atoms with Crippen LogP contribution in [0.3, 0.4) is 0 Å². The highest BCUT2D eigenvalue weighted by molar-refractivity contribution is 6.08. The maximum atomic E-state index is 6.20. The molecule has 1 aliphatic carbocycles. The molecule has 2 heteroatoms. The van der Waals surface area contributed by atoms with Crippen molar-refractivity contribution in [2.75, 3.05) is 5.32 Å². The molecule has 0 aliphatic heterocycles. The first kappa shape index (κ1) is 15.0. The average molecular weight is 337 g/mol. The standard InChI is InChI=1S/C24H19NO/c1-2-9-18(10-3-1)25-19-11-6-8-17(16-19)20-13-7-14-22-21-12-4-5-15-23(21)26-24(20)22/h1-5,7-10,12-16,25H,6,11H2. The molecule has 1 heterocycles. The van der Waals surface area contributed by atoms with Gasteiger partial charge in [-0.05, 0) is 42.7 Å². The molecular formula is C24H19NO. The van der Waals surface area contributed by atoms with Gasteiger partial charge in [0.15, 0.2) is 0 Å². The van der Waals surface area contributed by atoms with Crippen LogP contribution in [0.1, 0.15) is 18.4 Å². The topological polar surface area (TPSA) is 25.2 Å². The van der Waals surface area contributed by atoms with Gasteiger partial charge >= 0.3 is 0 Å². The lowest BCUT2D eigenvalue weighted by Gasteiger charge is -2.16. The Hall–Kier alpha value is -3.26. The van der Waals surface area contributed by atoms with Crippen LogP contribution in [-0.4, -0.2) is 0 Å². The van der Waals surface area contributed by atoms with Crippen LogP contribution in [0.15, 0.2) is 95.1 Å². The Bertz CT molecular complexity index is 1150. The minimum atomic E-state index is 0.943. The van der Waals surface area contributed by atoms with E-state index in [2.05, 4.69) is 72.1 Å². The van der Waals surface area contributed by atoms with Crippen LogP contribution < -0.4 is 5.32 Å². The fourth-order valence-corrected chi connectivity index (χ4v) is 3.67. The van der Waals surface area contributed by atoms with Crippen molar-refractivity contribution in [2.45, 2.75) is 12.8 Å². The van der Waals surface area contributed by atoms with Crippen LogP contribution in [0.2, 0.25) is 0 Å². The van der Waals surface area contributed by atoms with Gasteiger partial charge in [-0.25, -0.2) is 0 Å². The van der Waals surface area contributed by atoms with Crippen molar-refractivity contribution in [3.63, 3.8) is 0 Å². The van der Waals surface area contributed by atoms with Gasteiger partial charge < -0.3 is 9.73 Å². The molecule has 0 unspecified atom stereocenters. The number of fused-ring (bicyclic) bond motifs is 3. The molecule has 0 saturated carbocycles. The van der Waals surface area contributed by atoms with E-state index in [9.17, 15) is 0 Å². The number of benzene rings is 3. The van der Waals surface area contributed by atoms with Gasteiger partial charge in [-0.1, -0.05) is 60.7 Å². The van der Waals surface area contributed by atoms with E-state index >= 15 is 0 Å². The molecular weight excluding hydrogens is 318 g/mol. The summed E-state index contributed by atoms with van der Waals surface area (Å²) in [5.41, 5.74) is 6.66. The lowest BCUT2D eigenvalue weighted by molar-refractivity contribution is 0.667. The Kier molecular flexibility index (Phi) is 3.60. The lowest BCUT2D eigenvalue weighted by Crippen LogP contribution is -2.03. The highest BCUT2D eigenvalue weighted by Gasteiger charge is 2.14. The van der Waals surface area contributed by atoms with Crippen LogP contribution in [0.4, 0.5) is 5.69 Å². The summed E-state index contributed by atoms with van der Waals surface area (Å²) in [7, 11) is 0. The van der Waals surface area contributed by atoms with Gasteiger partial charge in [0.05, 0.1) is 0 Å². The van der Waals surface area contributed by atoms with Crippen LogP contribution in [0, 0.1) is 0 Å². The lowest BCUT2D eigenvalue weighted by atomic mass is 9.96. The number of para-hydroxylation sites is 3. The summed E-state index contributed by atoms with van der Waals surface area (Å²) in [6.07, 6.45) is 6.60. The Balaban J connectivity index is 1.58. The van der Waals surface area contributed by atoms with E-state index in [4.69, 9.17) is 4.42 Å². The Morgan fingerprint density at radius 2 is 1.58 bits per heavy atom. The summed E-state index contributed by atoms with van der Waals surface area (Å²) >= 11 is 0. The molecule has 4 aromatic rings. The molecule has 0 spiro atoms. The smallest absolute Gasteiger partial charge is 0.143 e. The third kappa shape index (κ3) is 2.60. The molecule has 126 valence electrons. The summed E-state index contributed by atoms with van der Waals surface area (Å²) in [6.45, 7) is 0. The van der Waals surface area contributed by atoms with Crippen LogP contribution >= 0.6 is 0 Å². The number of anilines is 1. The Morgan fingerprint density at radius 3 is 2.50 bits per heavy atom. The molecule has 0 radical (unpaired) electrons. The first-order valence-corrected chi connectivity index (χ1v) is 9.02. The monoisotopic (exact) mass is 337 g/mol. The second kappa shape index (κ2) is 6.23. The molecule has 1 aliphatic rings. The molecule has 1 N–H and O–H groups in total. The van der Waals surface area contributed by atoms with E-state index in [0.29, 0.717) is 0 Å². The molecule has 1 aromatic heterocycles. The number of rotatable bonds is 3. The Morgan fingerprint density at radius 1 is 0.769 bits per heavy atom. The highest BCUT2D eigenvalue weighted by atomic mass is 16.3. The number of hydrogen-bond acceptors (Lipinski definition) is 2. The van der Waals surface area contributed by atoms with Crippen molar-refractivity contribution in [2.24, 2.45) is 0 Å². The molecule has 5 rings (SSSR count). The average Bonchev–Trinajstić information content (AvgIpc) is 3.08. The third-order valence-electron chi connectivity index (χ3n) is 4.90. The van der Waals surface area contributed by atoms with Gasteiger partial charge in [-0.15, -0.1) is 0 Å². The van der Waals surface area contributed by atoms with Crippen molar-refractivity contribution >= 4 is 33.2 Å². The van der Waals surface area contributed by atoms with Crippen molar-refractivity contribution in [3.05, 3.63) is 96.2 Å². The van der Waals surface area contributed by atoms with Crippen LogP contribution in [0.25, 0.3) is 27.5 Å². The normalized spacial score (nSPS) is 14.3. The molecule has 0 atom stereocenters. The summed E-state index contributed by atoms with van der Waals surface area (Å²) in [6, 6.07) is 25.0. The largest absolute Gasteiger partial charge is 0.455 e. The van der Waals surface area contributed by atoms with Crippen molar-refractivity contribution in [1.82, 2.24) is 0 Å². The van der Waals surface area contributed by atoms with E-state index in [1.165, 1.54) is 22.0 Å². The fourth-order valence-electron chi connectivity index (χ4n) is 3.67. The van der Waals surface area contributed by atoms with E-state index in [0.717, 1.165) is 35.3 Å². The van der Waals surface area contributed by atoms with E-state index in [1.54, 1.807) is 0 Å². The quantitative estimate of drug-likeness (QED) is 0.447. The minimum Gasteiger partial charge on any atom is -0.455 e. The second-order valence-electron chi connectivity index (χ2n) is 6.64. The fraction of sp³-hybridized carbons (Fsp3) is 0.0833. The molecule has 0 fully saturated rings. The van der Waals surface area contributed by atoms with Crippen molar-refractivity contribution < 1.29 is 4.42 Å². The van der Waals surface area contributed by atoms with E-state index in [1.807, 2.05) is 18.2 Å². The van der Waals surface area contributed by atoms with Gasteiger partial charge in [-0.3, -0.25) is 0 Å². The summed E-state index contributed by atoms with van der Waals surface area (Å²) in [4.78, 5) is 0. The molecule has 0 bridgehead atoms. The summed E-state index contributed by atoms with van der Waals surface area (Å²) in [5, 5.41) is 5.89. The van der Waals surface area contributed by atoms with E-state index in [-0.39, 0.29) is 0 Å². The number of nitrogens with one attached hydrogen (secondary N) is 1. The van der Waals surface area contributed by atoms with Crippen molar-refractivity contribution in [3.8, 4) is 0 Å². The highest BCUT2D eigenvalue weighted by Crippen LogP contribution is 2.36. The van der Waals surface area contributed by atoms with Crippen LogP contribution in [-0.2, 0) is 0 Å². The zero-order valence-electron chi connectivity index (χ0n) is 14.4. The van der Waals surface area contributed by atoms with E-state index < -0.39 is 0 Å². The maximum absolute atomic E-state index is 6.20. The number of hydrogen-bond donors (Lipinski definition) is 1. The molecule has 3 aromatic carbocycles. The molecule has 2 nitrogen and oxygen atoms in total. The van der Waals surface area contributed by atoms with Gasteiger partial charge in [0.2, 0.25) is 0 Å². The number of allylic oxidation sites excluding steroid dienone is 4. The zero-order chi connectivity index (χ0) is 17.3. The minimum absolute atomic E-state index is 0.943. The van der Waals surface area contributed by atoms with Gasteiger partial charge in [0.25, 0.3) is 0 Å². The predicted molar refractivity (Wildman–Crippen MR) is 109 cm³/mol. The molecule has 0 amide bonds. The summed E-state index contributed by atoms with van der Waals surface area (Å²) < 4.78 is 6.20. The zero-order valence-corrected chi connectivity index (χ0v) is 14.4. The first-order chi connectivity index (χ1) is 12.9. The predicted octanol–water partition coefficient (Wildman–Crippen LogP) is 6.76. The first-order valence-electron chi connectivity index (χ1n) is 9.02. The second-order valence-corrected chi connectivity index (χ2v) is 6.64. The van der Waals surface area contributed by atoms with Gasteiger partial charge in [-0.2, -0.15) is 0 Å². The third-order valence-corrected chi connectivity index (χ3v) is 4.90.